The minimum Gasteiger partial charge on any atom is -0.507 e. The molecular weight excluding hydrogens is 1790 g/mol. The number of fused-ring (bicyclic) bond motifs is 4. The smallest absolute Gasteiger partial charge is 0.292 e. The number of carbonyl (C=O) groups excluding carboxylic acids is 15. The summed E-state index contributed by atoms with van der Waals surface area (Å²) in [6, 6.07) is 24.7. The zero-order valence-corrected chi connectivity index (χ0v) is 76.3. The fourth-order valence-electron chi connectivity index (χ4n) is 15.8. The van der Waals surface area contributed by atoms with E-state index >= 15 is 0 Å². The van der Waals surface area contributed by atoms with E-state index in [1.807, 2.05) is 24.3 Å². The van der Waals surface area contributed by atoms with Crippen LogP contribution < -0.4 is 79.3 Å². The molecule has 1 unspecified atom stereocenters. The van der Waals surface area contributed by atoms with Gasteiger partial charge in [0.25, 0.3) is 65.0 Å². The Morgan fingerprint density at radius 3 is 1.16 bits per heavy atom. The Kier molecular flexibility index (Phi) is 26.9. The number of H-pyrrole nitrogens is 1. The number of halogens is 1. The molecule has 12 heterocycles. The van der Waals surface area contributed by atoms with Gasteiger partial charge in [0.2, 0.25) is 46.9 Å². The van der Waals surface area contributed by atoms with Gasteiger partial charge in [0.1, 0.15) is 45.6 Å². The Bertz CT molecular complexity index is 7290. The van der Waals surface area contributed by atoms with Gasteiger partial charge in [0.05, 0.1) is 39.8 Å². The molecule has 47 heteroatoms. The van der Waals surface area contributed by atoms with Crippen molar-refractivity contribution in [2.45, 2.75) is 38.5 Å². The second kappa shape index (κ2) is 39.3. The van der Waals surface area contributed by atoms with Crippen molar-refractivity contribution in [3.63, 3.8) is 0 Å². The number of amides is 15. The van der Waals surface area contributed by atoms with Crippen LogP contribution >= 0.6 is 11.6 Å². The van der Waals surface area contributed by atoms with E-state index in [0.717, 1.165) is 10.9 Å². The number of aromatic hydroxyl groups is 1. The third-order valence-electron chi connectivity index (χ3n) is 22.2. The maximum Gasteiger partial charge on any atom is 0.292 e. The molecule has 1 aliphatic heterocycles. The Balaban J connectivity index is 0.440. The number of hydrogen-bond acceptors (Lipinski definition) is 20. The number of anilines is 12. The van der Waals surface area contributed by atoms with E-state index in [2.05, 4.69) is 99.4 Å². The number of phenolic OH excluding ortho intramolecular Hbond substituents is 1. The first-order valence-electron chi connectivity index (χ1n) is 42.4. The van der Waals surface area contributed by atoms with Gasteiger partial charge in [0.15, 0.2) is 23.3 Å². The van der Waals surface area contributed by atoms with Crippen LogP contribution in [0, 0.1) is 0 Å². The zero-order chi connectivity index (χ0) is 97.8. The topological polar surface area (TPSA) is 565 Å². The van der Waals surface area contributed by atoms with Gasteiger partial charge in [-0.2, -0.15) is 0 Å². The van der Waals surface area contributed by atoms with Crippen molar-refractivity contribution in [2.75, 3.05) is 95.4 Å². The largest absolute Gasteiger partial charge is 0.507 e. The highest BCUT2D eigenvalue weighted by Crippen LogP contribution is 2.46. The lowest BCUT2D eigenvalue weighted by atomic mass is 9.95. The number of aromatic nitrogens is 15. The van der Waals surface area contributed by atoms with Crippen LogP contribution in [0.15, 0.2) is 153 Å². The van der Waals surface area contributed by atoms with Crippen molar-refractivity contribution < 1.29 is 77.0 Å². The maximum absolute atomic E-state index is 14.1. The average Bonchev–Trinajstić information content (AvgIpc) is 1.60. The van der Waals surface area contributed by atoms with Crippen molar-refractivity contribution in [1.82, 2.24) is 86.5 Å². The van der Waals surface area contributed by atoms with Crippen LogP contribution in [0.2, 0.25) is 0 Å². The van der Waals surface area contributed by atoms with Crippen LogP contribution in [0.25, 0.3) is 21.7 Å². The van der Waals surface area contributed by atoms with Crippen LogP contribution in [0.1, 0.15) is 160 Å². The van der Waals surface area contributed by atoms with Crippen molar-refractivity contribution >= 4 is 191 Å². The lowest BCUT2D eigenvalue weighted by Crippen LogP contribution is -2.30. The summed E-state index contributed by atoms with van der Waals surface area (Å²) >= 11 is 6.43. The molecule has 0 radical (unpaired) electrons. The van der Waals surface area contributed by atoms with Crippen molar-refractivity contribution in [3.05, 3.63) is 222 Å². The predicted molar refractivity (Wildman–Crippen MR) is 506 cm³/mol. The Morgan fingerprint density at radius 1 is 0.365 bits per heavy atom. The monoisotopic (exact) mass is 1880 g/mol. The highest BCUT2D eigenvalue weighted by molar-refractivity contribution is 6.20. The number of hydrogen-bond donors (Lipinski definition) is 16. The molecule has 46 nitrogen and oxygen atoms in total. The minimum atomic E-state index is -0.733. The summed E-state index contributed by atoms with van der Waals surface area (Å²) in [7, 11) is 15.8. The second-order valence-corrected chi connectivity index (χ2v) is 32.9. The van der Waals surface area contributed by atoms with Gasteiger partial charge in [-0.05, 0) is 78.0 Å². The number of phenols is 1. The van der Waals surface area contributed by atoms with Crippen molar-refractivity contribution in [1.29, 1.82) is 0 Å². The number of aromatic amines is 1. The van der Waals surface area contributed by atoms with Gasteiger partial charge in [-0.3, -0.25) is 71.9 Å². The number of aryl methyl sites for hydroxylation is 10. The van der Waals surface area contributed by atoms with E-state index in [1.165, 1.54) is 148 Å². The third-order valence-corrected chi connectivity index (χ3v) is 22.6. The van der Waals surface area contributed by atoms with Crippen LogP contribution in [0.5, 0.6) is 5.75 Å². The van der Waals surface area contributed by atoms with Gasteiger partial charge in [-0.1, -0.05) is 24.3 Å². The number of rotatable bonds is 33. The highest BCUT2D eigenvalue weighted by atomic mass is 35.5. The number of carbonyl (C=O) groups is 15. The normalized spacial score (nSPS) is 12.1. The molecule has 15 rings (SSSR count). The zero-order valence-electron chi connectivity index (χ0n) is 75.5. The maximum atomic E-state index is 14.1. The SMILES string of the molecule is CC(=O)Nc1cc(C(=O)Nc2cc(C(=O)Nc3cn(C)c(C(=O)Nc4cc(C(=O)NCCC(=O)Nc5cn(C)c(C(=O)Nc6cn(C)c(C(=O)NCCCC(=O)Nc7cc(C(=O)Nc8cc(C(=O)NCCC(=O)Nc9cn(C)c(C(=O)Nc%10cc(C(=O)Nc%11ccc%12[nH]c(C(=O)N%13CC(CCl)c%14c%13cc(O)c%13ccccc%14%13)cc%12c%11)n(C)c%10)n9)n(C)c8)n(C)c7)n6)n5)n(C)c4)n3)n(C)c2)n(C)c1. The minimum absolute atomic E-state index is 0.00361. The number of imidazole rings is 4. The van der Waals surface area contributed by atoms with Gasteiger partial charge in [-0.15, -0.1) is 11.6 Å². The number of nitrogens with one attached hydrogen (secondary N) is 15. The van der Waals surface area contributed by atoms with Crippen LogP contribution in [0.4, 0.5) is 68.8 Å². The van der Waals surface area contributed by atoms with Crippen LogP contribution in [0.3, 0.4) is 0 Å². The second-order valence-electron chi connectivity index (χ2n) is 32.6. The molecule has 0 fully saturated rings. The molecule has 14 aromatic rings. The van der Waals surface area contributed by atoms with E-state index in [-0.39, 0.29) is 172 Å². The lowest BCUT2D eigenvalue weighted by molar-refractivity contribution is -0.117. The lowest BCUT2D eigenvalue weighted by Gasteiger charge is -2.17. The van der Waals surface area contributed by atoms with Crippen molar-refractivity contribution in [2.24, 2.45) is 70.5 Å². The van der Waals surface area contributed by atoms with Crippen molar-refractivity contribution in [3.8, 4) is 5.75 Å². The standard InChI is InChI=1S/C90H93ClN30O16/c1-46(122)95-50-27-63(113(4)36-50)83(130)99-53-31-66(116(7)39-53)85(132)109-70-44-120(11)78(108-70)88(135)100-54-30-62(112(3)40-54)81(128)94-24-21-74(126)104-69-43-119(10)79(106-69)89(136)110-71-45-117(8)76(107-71)86(133)92-22-14-17-72(124)96-51-28-64(114(5)37-51)84(131)98-52-29-61(111(2)38-52)80(127)93-23-20-73(125)103-68-42-118(9)77(105-68)87(134)101-55-32-65(115(6)41-55)82(129)97-49-18-19-58-47(25-49)26-59(102-58)90(137)121-35-48(34-91)75-57-16-13-12-15-56(57)67(123)33-60(75)121/h12-13,15-16,18-19,25-33,36-45,48,102,123H,14,17,20-24,34-35H2,1-11H3,(H,92,133)(H,93,127)(H,94,128)(H,95,122)(H,96,124)(H,97,129)(H,98,131)(H,99,130)(H,100,135)(H,101,134)(H,103,125)(H,104,126)(H,109,132)(H,110,136). The number of alkyl halides is 1. The predicted octanol–water partition coefficient (Wildman–Crippen LogP) is 7.36. The molecule has 706 valence electrons. The highest BCUT2D eigenvalue weighted by Gasteiger charge is 2.37. The molecular formula is C90H93ClN30O16. The van der Waals surface area contributed by atoms with Gasteiger partial charge in [-0.25, -0.2) is 19.9 Å². The molecule has 0 saturated carbocycles. The summed E-state index contributed by atoms with van der Waals surface area (Å²) in [5.41, 5.74) is 5.72. The quantitative estimate of drug-likeness (QED) is 0.0141. The molecule has 0 bridgehead atoms. The van der Waals surface area contributed by atoms with Gasteiger partial charge < -0.3 is 135 Å². The van der Waals surface area contributed by atoms with Crippen LogP contribution in [-0.2, 0) is 89.7 Å². The molecule has 1 aliphatic rings. The molecule has 137 heavy (non-hydrogen) atoms. The summed E-state index contributed by atoms with van der Waals surface area (Å²) in [6.45, 7) is 1.49. The average molecular weight is 1890 g/mol. The molecule has 1 atom stereocenters. The molecule has 3 aromatic carbocycles. The van der Waals surface area contributed by atoms with E-state index in [0.29, 0.717) is 57.0 Å². The van der Waals surface area contributed by atoms with Gasteiger partial charge in [0, 0.05) is 225 Å². The summed E-state index contributed by atoms with van der Waals surface area (Å²) in [5.74, 6) is -8.15. The first-order valence-corrected chi connectivity index (χ1v) is 43.0. The van der Waals surface area contributed by atoms with E-state index < -0.39 is 76.8 Å². The first-order chi connectivity index (χ1) is 65.3. The Hall–Kier alpha value is -17.9. The fourth-order valence-corrected chi connectivity index (χ4v) is 16.0. The molecule has 11 aromatic heterocycles. The van der Waals surface area contributed by atoms with E-state index in [9.17, 15) is 77.0 Å². The molecule has 15 amide bonds. The summed E-state index contributed by atoms with van der Waals surface area (Å²) < 4.78 is 14.5. The van der Waals surface area contributed by atoms with Gasteiger partial charge >= 0.3 is 0 Å². The summed E-state index contributed by atoms with van der Waals surface area (Å²) in [5, 5.41) is 50.8. The third kappa shape index (κ3) is 21.0. The Labute approximate surface area is 782 Å². The molecule has 16 N–H and O–H groups in total. The first kappa shape index (κ1) is 93.8. The van der Waals surface area contributed by atoms with E-state index in [1.54, 1.807) is 109 Å². The summed E-state index contributed by atoms with van der Waals surface area (Å²) in [4.78, 5) is 221. The number of benzene rings is 3. The summed E-state index contributed by atoms with van der Waals surface area (Å²) in [6.07, 6.45) is 14.6. The fraction of sp³-hybridized carbons (Fsp3) is 0.233. The molecule has 0 aliphatic carbocycles. The van der Waals surface area contributed by atoms with E-state index in [4.69, 9.17) is 11.6 Å². The Morgan fingerprint density at radius 2 is 0.723 bits per heavy atom. The number of nitrogens with zero attached hydrogens (tertiary/aromatic N) is 15. The van der Waals surface area contributed by atoms with Crippen LogP contribution in [-0.4, -0.2) is 196 Å². The molecule has 0 spiro atoms. The molecule has 0 saturated heterocycles.